The standard InChI is InChI=1S/C10H10N2O4S/c1-7-6-10(13)12(11-7)8-2-4-9(5-3-8)17(14,15)16/h2-5H,6H2,1H3,(H,14,15,16)/p-1. The quantitative estimate of drug-likeness (QED) is 0.725. The molecule has 0 aromatic heterocycles. The zero-order chi connectivity index (χ0) is 12.6. The molecule has 0 spiro atoms. The van der Waals surface area contributed by atoms with Crippen molar-refractivity contribution in [3.63, 3.8) is 0 Å². The third-order valence-electron chi connectivity index (χ3n) is 2.28. The van der Waals surface area contributed by atoms with Gasteiger partial charge in [-0.05, 0) is 31.2 Å². The number of rotatable bonds is 2. The molecular formula is C10H9N2O4S-. The van der Waals surface area contributed by atoms with Gasteiger partial charge in [-0.3, -0.25) is 4.79 Å². The van der Waals surface area contributed by atoms with Crippen molar-refractivity contribution in [3.05, 3.63) is 24.3 Å². The van der Waals surface area contributed by atoms with Gasteiger partial charge in [0, 0.05) is 5.71 Å². The van der Waals surface area contributed by atoms with Crippen LogP contribution in [-0.2, 0) is 14.9 Å². The summed E-state index contributed by atoms with van der Waals surface area (Å²) in [5.41, 5.74) is 1.13. The molecule has 17 heavy (non-hydrogen) atoms. The van der Waals surface area contributed by atoms with Crippen LogP contribution in [0.1, 0.15) is 13.3 Å². The molecule has 0 saturated carbocycles. The first-order chi connectivity index (χ1) is 7.88. The van der Waals surface area contributed by atoms with E-state index in [-0.39, 0.29) is 17.2 Å². The van der Waals surface area contributed by atoms with E-state index in [2.05, 4.69) is 5.10 Å². The average molecular weight is 253 g/mol. The molecule has 1 heterocycles. The molecule has 0 bridgehead atoms. The zero-order valence-corrected chi connectivity index (χ0v) is 9.77. The van der Waals surface area contributed by atoms with Crippen molar-refractivity contribution in [3.8, 4) is 0 Å². The minimum atomic E-state index is -4.46. The highest BCUT2D eigenvalue weighted by atomic mass is 32.2. The first kappa shape index (κ1) is 11.7. The Bertz CT molecular complexity index is 589. The molecule has 6 nitrogen and oxygen atoms in total. The van der Waals surface area contributed by atoms with Gasteiger partial charge in [0.15, 0.2) is 0 Å². The van der Waals surface area contributed by atoms with Gasteiger partial charge in [0.05, 0.1) is 17.0 Å². The van der Waals surface area contributed by atoms with Crippen LogP contribution in [0, 0.1) is 0 Å². The summed E-state index contributed by atoms with van der Waals surface area (Å²) >= 11 is 0. The normalized spacial score (nSPS) is 16.2. The molecule has 0 N–H and O–H groups in total. The predicted molar refractivity (Wildman–Crippen MR) is 59.6 cm³/mol. The second-order valence-corrected chi connectivity index (χ2v) is 5.05. The highest BCUT2D eigenvalue weighted by molar-refractivity contribution is 7.85. The number of benzene rings is 1. The molecule has 0 fully saturated rings. The van der Waals surface area contributed by atoms with E-state index >= 15 is 0 Å². The second-order valence-electron chi connectivity index (χ2n) is 3.67. The lowest BCUT2D eigenvalue weighted by Crippen LogP contribution is -2.19. The topological polar surface area (TPSA) is 89.9 Å². The monoisotopic (exact) mass is 253 g/mol. The number of nitrogens with zero attached hydrogens (tertiary/aromatic N) is 2. The fraction of sp³-hybridized carbons (Fsp3) is 0.200. The van der Waals surface area contributed by atoms with E-state index in [0.717, 1.165) is 12.1 Å². The van der Waals surface area contributed by atoms with Gasteiger partial charge in [0.2, 0.25) is 0 Å². The summed E-state index contributed by atoms with van der Waals surface area (Å²) in [7, 11) is -4.46. The van der Waals surface area contributed by atoms with Crippen LogP contribution in [0.25, 0.3) is 0 Å². The van der Waals surface area contributed by atoms with Crippen LogP contribution < -0.4 is 5.01 Å². The van der Waals surface area contributed by atoms with Crippen molar-refractivity contribution in [1.29, 1.82) is 0 Å². The van der Waals surface area contributed by atoms with Gasteiger partial charge in [-0.15, -0.1) is 0 Å². The van der Waals surface area contributed by atoms with E-state index in [1.165, 1.54) is 17.1 Å². The van der Waals surface area contributed by atoms with E-state index in [1.54, 1.807) is 6.92 Å². The van der Waals surface area contributed by atoms with E-state index in [9.17, 15) is 17.8 Å². The number of amides is 1. The van der Waals surface area contributed by atoms with Crippen LogP contribution in [0.5, 0.6) is 0 Å². The lowest BCUT2D eigenvalue weighted by atomic mass is 10.3. The van der Waals surface area contributed by atoms with Gasteiger partial charge in [0.1, 0.15) is 10.1 Å². The third-order valence-corrected chi connectivity index (χ3v) is 3.13. The van der Waals surface area contributed by atoms with E-state index in [0.29, 0.717) is 11.4 Å². The Morgan fingerprint density at radius 3 is 2.29 bits per heavy atom. The molecule has 0 atom stereocenters. The first-order valence-corrected chi connectivity index (χ1v) is 6.22. The van der Waals surface area contributed by atoms with E-state index in [1.807, 2.05) is 0 Å². The summed E-state index contributed by atoms with van der Waals surface area (Å²) < 4.78 is 32.2. The summed E-state index contributed by atoms with van der Waals surface area (Å²) in [6.45, 7) is 1.73. The Kier molecular flexibility index (Phi) is 2.72. The van der Waals surface area contributed by atoms with Crippen molar-refractivity contribution in [2.45, 2.75) is 18.2 Å². The lowest BCUT2D eigenvalue weighted by molar-refractivity contribution is -0.116. The van der Waals surface area contributed by atoms with Gasteiger partial charge < -0.3 is 4.55 Å². The molecule has 0 radical (unpaired) electrons. The van der Waals surface area contributed by atoms with Crippen LogP contribution in [0.4, 0.5) is 5.69 Å². The average Bonchev–Trinajstić information content (AvgIpc) is 2.57. The fourth-order valence-corrected chi connectivity index (χ4v) is 1.98. The molecule has 7 heteroatoms. The Morgan fingerprint density at radius 2 is 1.88 bits per heavy atom. The first-order valence-electron chi connectivity index (χ1n) is 4.81. The molecule has 1 amide bonds. The molecule has 1 aliphatic rings. The third kappa shape index (κ3) is 2.34. The molecule has 1 aliphatic heterocycles. The summed E-state index contributed by atoms with van der Waals surface area (Å²) in [6.07, 6.45) is 0.252. The highest BCUT2D eigenvalue weighted by Crippen LogP contribution is 2.22. The molecular weight excluding hydrogens is 244 g/mol. The minimum Gasteiger partial charge on any atom is -0.744 e. The maximum absolute atomic E-state index is 11.5. The molecule has 0 unspecified atom stereocenters. The summed E-state index contributed by atoms with van der Waals surface area (Å²) in [5.74, 6) is -0.180. The molecule has 90 valence electrons. The van der Waals surface area contributed by atoms with Crippen LogP contribution in [-0.4, -0.2) is 24.6 Å². The minimum absolute atomic E-state index is 0.180. The lowest BCUT2D eigenvalue weighted by Gasteiger charge is -2.13. The second kappa shape index (κ2) is 3.94. The number of hydrogen-bond donors (Lipinski definition) is 0. The largest absolute Gasteiger partial charge is 0.744 e. The van der Waals surface area contributed by atoms with Gasteiger partial charge in [-0.25, -0.2) is 13.4 Å². The number of carbonyl (C=O) groups is 1. The molecule has 2 rings (SSSR count). The molecule has 0 saturated heterocycles. The van der Waals surface area contributed by atoms with Gasteiger partial charge in [-0.1, -0.05) is 0 Å². The Labute approximate surface area is 98.3 Å². The Morgan fingerprint density at radius 1 is 1.29 bits per heavy atom. The molecule has 1 aromatic carbocycles. The van der Waals surface area contributed by atoms with Crippen LogP contribution in [0.2, 0.25) is 0 Å². The number of anilines is 1. The number of hydrazone groups is 1. The van der Waals surface area contributed by atoms with Gasteiger partial charge in [-0.2, -0.15) is 5.10 Å². The highest BCUT2D eigenvalue weighted by Gasteiger charge is 2.22. The zero-order valence-electron chi connectivity index (χ0n) is 8.95. The number of carbonyl (C=O) groups excluding carboxylic acids is 1. The van der Waals surface area contributed by atoms with Crippen LogP contribution in [0.3, 0.4) is 0 Å². The predicted octanol–water partition coefficient (Wildman–Crippen LogP) is 0.703. The summed E-state index contributed by atoms with van der Waals surface area (Å²) in [5, 5.41) is 5.20. The number of hydrogen-bond acceptors (Lipinski definition) is 5. The molecule has 0 aliphatic carbocycles. The Balaban J connectivity index is 2.34. The SMILES string of the molecule is CC1=NN(c2ccc(S(=O)(=O)[O-])cc2)C(=O)C1. The van der Waals surface area contributed by atoms with Crippen molar-refractivity contribution in [2.75, 3.05) is 5.01 Å². The van der Waals surface area contributed by atoms with Gasteiger partial charge in [0.25, 0.3) is 5.91 Å². The van der Waals surface area contributed by atoms with Crippen molar-refractivity contribution < 1.29 is 17.8 Å². The summed E-state index contributed by atoms with van der Waals surface area (Å²) in [6, 6.07) is 5.08. The Hall–Kier alpha value is -1.73. The van der Waals surface area contributed by atoms with Crippen molar-refractivity contribution >= 4 is 27.4 Å². The maximum atomic E-state index is 11.5. The van der Waals surface area contributed by atoms with Crippen molar-refractivity contribution in [1.82, 2.24) is 0 Å². The van der Waals surface area contributed by atoms with Gasteiger partial charge >= 0.3 is 0 Å². The van der Waals surface area contributed by atoms with Crippen LogP contribution >= 0.6 is 0 Å². The summed E-state index contributed by atoms with van der Waals surface area (Å²) in [4.78, 5) is 11.2. The smallest absolute Gasteiger partial charge is 0.253 e. The van der Waals surface area contributed by atoms with Crippen molar-refractivity contribution in [2.24, 2.45) is 5.10 Å². The van der Waals surface area contributed by atoms with E-state index in [4.69, 9.17) is 0 Å². The fourth-order valence-electron chi connectivity index (χ4n) is 1.51. The van der Waals surface area contributed by atoms with E-state index < -0.39 is 10.1 Å². The maximum Gasteiger partial charge on any atom is 0.253 e. The van der Waals surface area contributed by atoms with Crippen LogP contribution in [0.15, 0.2) is 34.3 Å². The molecule has 1 aromatic rings.